The van der Waals surface area contributed by atoms with Gasteiger partial charge >= 0.3 is 6.03 Å². The van der Waals surface area contributed by atoms with E-state index in [1.165, 1.54) is 4.88 Å². The lowest BCUT2D eigenvalue weighted by molar-refractivity contribution is 0.259. The normalized spacial score (nSPS) is 13.7. The first-order valence-electron chi connectivity index (χ1n) is 6.80. The fourth-order valence-corrected chi connectivity index (χ4v) is 3.09. The van der Waals surface area contributed by atoms with Crippen LogP contribution in [0.2, 0.25) is 0 Å². The van der Waals surface area contributed by atoms with Crippen molar-refractivity contribution in [3.8, 4) is 0 Å². The second-order valence-corrected chi connectivity index (χ2v) is 5.91. The minimum absolute atomic E-state index is 0.198. The van der Waals surface area contributed by atoms with E-state index in [9.17, 15) is 4.79 Å². The molecule has 2 atom stereocenters. The summed E-state index contributed by atoms with van der Waals surface area (Å²) in [5, 5.41) is 6.11. The Hall–Kier alpha value is -1.92. The number of aromatic nitrogens is 1. The Morgan fingerprint density at radius 2 is 1.90 bits per heavy atom. The molecule has 21 heavy (non-hydrogen) atoms. The molecule has 0 saturated heterocycles. The highest BCUT2D eigenvalue weighted by molar-refractivity contribution is 7.09. The molecular weight excluding hydrogens is 284 g/mol. The van der Waals surface area contributed by atoms with Gasteiger partial charge in [0.15, 0.2) is 0 Å². The number of hydrogen-bond donors (Lipinski definition) is 3. The largest absolute Gasteiger partial charge is 0.351 e. The second kappa shape index (κ2) is 6.69. The molecule has 0 fully saturated rings. The third-order valence-corrected chi connectivity index (χ3v) is 4.47. The summed E-state index contributed by atoms with van der Waals surface area (Å²) in [6.45, 7) is 6.28. The van der Waals surface area contributed by atoms with Gasteiger partial charge in [0.2, 0.25) is 0 Å². The van der Waals surface area contributed by atoms with Gasteiger partial charge < -0.3 is 16.4 Å². The molecule has 1 aromatic heterocycles. The summed E-state index contributed by atoms with van der Waals surface area (Å²) in [4.78, 5) is 16.3. The summed E-state index contributed by atoms with van der Waals surface area (Å²) in [7, 11) is 0. The van der Waals surface area contributed by atoms with Crippen LogP contribution in [0.3, 0.4) is 0 Å². The molecule has 2 amide bonds. The van der Waals surface area contributed by atoms with Gasteiger partial charge in [0.05, 0.1) is 11.2 Å². The van der Waals surface area contributed by atoms with Gasteiger partial charge in [-0.15, -0.1) is 11.3 Å². The van der Waals surface area contributed by atoms with E-state index in [4.69, 9.17) is 5.73 Å². The molecule has 0 aliphatic rings. The highest BCUT2D eigenvalue weighted by atomic mass is 32.1. The quantitative estimate of drug-likeness (QED) is 0.792. The molecule has 5 nitrogen and oxygen atoms in total. The monoisotopic (exact) mass is 304 g/mol. The number of thiazole rings is 1. The summed E-state index contributed by atoms with van der Waals surface area (Å²) < 4.78 is 0. The van der Waals surface area contributed by atoms with Gasteiger partial charge in [0, 0.05) is 22.6 Å². The first-order valence-corrected chi connectivity index (χ1v) is 7.67. The molecule has 0 saturated carbocycles. The van der Waals surface area contributed by atoms with Crippen LogP contribution >= 0.6 is 11.3 Å². The molecule has 2 rings (SSSR count). The highest BCUT2D eigenvalue weighted by Crippen LogP contribution is 2.25. The minimum atomic E-state index is -0.553. The van der Waals surface area contributed by atoms with Gasteiger partial charge in [-0.25, -0.2) is 9.78 Å². The summed E-state index contributed by atoms with van der Waals surface area (Å²) in [5.74, 6) is 0. The minimum Gasteiger partial charge on any atom is -0.351 e. The number of primary amides is 1. The number of hydrogen-bond acceptors (Lipinski definition) is 4. The zero-order valence-electron chi connectivity index (χ0n) is 12.4. The van der Waals surface area contributed by atoms with Crippen LogP contribution in [-0.4, -0.2) is 11.0 Å². The van der Waals surface area contributed by atoms with Gasteiger partial charge in [0.25, 0.3) is 0 Å². The van der Waals surface area contributed by atoms with Crippen molar-refractivity contribution in [2.24, 2.45) is 5.73 Å². The van der Waals surface area contributed by atoms with Crippen molar-refractivity contribution in [2.45, 2.75) is 32.9 Å². The number of nitrogens with zero attached hydrogens (tertiary/aromatic N) is 1. The third-order valence-electron chi connectivity index (χ3n) is 3.35. The lowest BCUT2D eigenvalue weighted by Crippen LogP contribution is -2.22. The SMILES string of the molecule is Cc1ncsc1C(C)NC(C)c1ccc(NC(N)=O)cc1. The fraction of sp³-hybridized carbons (Fsp3) is 0.333. The molecule has 0 aliphatic carbocycles. The number of nitrogens with one attached hydrogen (secondary N) is 2. The van der Waals surface area contributed by atoms with Crippen LogP contribution in [0, 0.1) is 6.92 Å². The Labute approximate surface area is 128 Å². The van der Waals surface area contributed by atoms with Gasteiger partial charge in [-0.3, -0.25) is 0 Å². The molecular formula is C15H20N4OS. The van der Waals surface area contributed by atoms with Crippen LogP contribution in [0.15, 0.2) is 29.8 Å². The first kappa shape index (κ1) is 15.5. The zero-order valence-corrected chi connectivity index (χ0v) is 13.2. The van der Waals surface area contributed by atoms with Crippen LogP contribution in [-0.2, 0) is 0 Å². The number of carbonyl (C=O) groups excluding carboxylic acids is 1. The van der Waals surface area contributed by atoms with E-state index in [0.717, 1.165) is 11.3 Å². The van der Waals surface area contributed by atoms with E-state index in [0.29, 0.717) is 5.69 Å². The van der Waals surface area contributed by atoms with Gasteiger partial charge in [0.1, 0.15) is 0 Å². The molecule has 0 radical (unpaired) electrons. The molecule has 1 heterocycles. The molecule has 4 N–H and O–H groups in total. The molecule has 6 heteroatoms. The summed E-state index contributed by atoms with van der Waals surface area (Å²) >= 11 is 1.67. The number of aryl methyl sites for hydroxylation is 1. The number of urea groups is 1. The maximum atomic E-state index is 10.8. The average molecular weight is 304 g/mol. The Morgan fingerprint density at radius 3 is 2.43 bits per heavy atom. The van der Waals surface area contributed by atoms with Crippen molar-refractivity contribution in [1.29, 1.82) is 0 Å². The maximum Gasteiger partial charge on any atom is 0.316 e. The van der Waals surface area contributed by atoms with E-state index < -0.39 is 6.03 Å². The Kier molecular flexibility index (Phi) is 4.93. The number of nitrogens with two attached hydrogens (primary N) is 1. The lowest BCUT2D eigenvalue weighted by Gasteiger charge is -2.20. The van der Waals surface area contributed by atoms with Gasteiger partial charge in [-0.2, -0.15) is 0 Å². The third kappa shape index (κ3) is 4.03. The van der Waals surface area contributed by atoms with E-state index in [2.05, 4.69) is 29.5 Å². The number of anilines is 1. The van der Waals surface area contributed by atoms with Crippen molar-refractivity contribution >= 4 is 23.1 Å². The number of rotatable bonds is 5. The molecule has 2 unspecified atom stereocenters. The van der Waals surface area contributed by atoms with Crippen LogP contribution in [0.5, 0.6) is 0 Å². The Morgan fingerprint density at radius 1 is 1.24 bits per heavy atom. The van der Waals surface area contributed by atoms with Crippen LogP contribution in [0.1, 0.15) is 42.1 Å². The molecule has 0 bridgehead atoms. The summed E-state index contributed by atoms with van der Waals surface area (Å²) in [6, 6.07) is 7.55. The number of carbonyl (C=O) groups is 1. The lowest BCUT2D eigenvalue weighted by atomic mass is 10.1. The molecule has 112 valence electrons. The summed E-state index contributed by atoms with van der Waals surface area (Å²) in [6.07, 6.45) is 0. The second-order valence-electron chi connectivity index (χ2n) is 5.02. The molecule has 1 aromatic carbocycles. The zero-order chi connectivity index (χ0) is 15.4. The predicted molar refractivity (Wildman–Crippen MR) is 86.5 cm³/mol. The predicted octanol–water partition coefficient (Wildman–Crippen LogP) is 3.35. The number of amides is 2. The van der Waals surface area contributed by atoms with Gasteiger partial charge in [-0.05, 0) is 38.5 Å². The van der Waals surface area contributed by atoms with Crippen molar-refractivity contribution in [1.82, 2.24) is 10.3 Å². The maximum absolute atomic E-state index is 10.8. The fourth-order valence-electron chi connectivity index (χ4n) is 2.27. The molecule has 0 aliphatic heterocycles. The van der Waals surface area contributed by atoms with Crippen molar-refractivity contribution in [3.63, 3.8) is 0 Å². The van der Waals surface area contributed by atoms with E-state index in [-0.39, 0.29) is 12.1 Å². The van der Waals surface area contributed by atoms with E-state index in [1.807, 2.05) is 36.7 Å². The summed E-state index contributed by atoms with van der Waals surface area (Å²) in [5.41, 5.74) is 9.89. The first-order chi connectivity index (χ1) is 9.97. The average Bonchev–Trinajstić information content (AvgIpc) is 2.85. The van der Waals surface area contributed by atoms with Crippen LogP contribution in [0.25, 0.3) is 0 Å². The Bertz CT molecular complexity index is 608. The van der Waals surface area contributed by atoms with E-state index >= 15 is 0 Å². The van der Waals surface area contributed by atoms with Crippen LogP contribution in [0.4, 0.5) is 10.5 Å². The molecule has 2 aromatic rings. The number of benzene rings is 1. The van der Waals surface area contributed by atoms with Crippen LogP contribution < -0.4 is 16.4 Å². The molecule has 0 spiro atoms. The van der Waals surface area contributed by atoms with Crippen molar-refractivity contribution in [3.05, 3.63) is 45.9 Å². The van der Waals surface area contributed by atoms with Gasteiger partial charge in [-0.1, -0.05) is 12.1 Å². The van der Waals surface area contributed by atoms with Crippen molar-refractivity contribution in [2.75, 3.05) is 5.32 Å². The standard InChI is InChI=1S/C15H20N4OS/c1-9(18-11(3)14-10(2)17-8-21-14)12-4-6-13(7-5-12)19-15(16)20/h4-9,11,18H,1-3H3,(H3,16,19,20). The van der Waals surface area contributed by atoms with Crippen molar-refractivity contribution < 1.29 is 4.79 Å². The Balaban J connectivity index is 2.01. The topological polar surface area (TPSA) is 80.0 Å². The highest BCUT2D eigenvalue weighted by Gasteiger charge is 2.14. The smallest absolute Gasteiger partial charge is 0.316 e. The van der Waals surface area contributed by atoms with E-state index in [1.54, 1.807) is 11.3 Å².